The van der Waals surface area contributed by atoms with Crippen LogP contribution in [-0.2, 0) is 19.2 Å². The Morgan fingerprint density at radius 3 is 2.61 bits per heavy atom. The molecule has 4 amide bonds. The van der Waals surface area contributed by atoms with Crippen molar-refractivity contribution in [2.24, 2.45) is 5.92 Å². The Morgan fingerprint density at radius 1 is 1.39 bits per heavy atom. The van der Waals surface area contributed by atoms with Gasteiger partial charge in [-0.3, -0.25) is 24.1 Å². The third-order valence-corrected chi connectivity index (χ3v) is 3.33. The quantitative estimate of drug-likeness (QED) is 0.578. The van der Waals surface area contributed by atoms with Gasteiger partial charge in [-0.15, -0.1) is 0 Å². The highest BCUT2D eigenvalue weighted by molar-refractivity contribution is 6.06. The van der Waals surface area contributed by atoms with Crippen molar-refractivity contribution in [2.75, 3.05) is 13.6 Å². The first kappa shape index (κ1) is 12.5. The van der Waals surface area contributed by atoms with Crippen LogP contribution >= 0.6 is 0 Å². The Bertz CT molecular complexity index is 411. The number of nitrogens with zero attached hydrogens (tertiary/aromatic N) is 1. The normalized spacial score (nSPS) is 28.3. The molecule has 0 aromatic carbocycles. The standard InChI is InChI=1S/C11H15N3O4/c1-14-9(16)4-7(11(14)18)13-10(17)6-2-3-8(15)12-5-6/h6-7H,2-5H2,1H3,(H,12,15)(H,13,17). The van der Waals surface area contributed by atoms with Crippen molar-refractivity contribution < 1.29 is 19.2 Å². The number of rotatable bonds is 2. The average Bonchev–Trinajstić information content (AvgIpc) is 2.58. The van der Waals surface area contributed by atoms with E-state index in [1.165, 1.54) is 7.05 Å². The number of piperidine rings is 1. The van der Waals surface area contributed by atoms with E-state index in [9.17, 15) is 19.2 Å². The van der Waals surface area contributed by atoms with Crippen LogP contribution < -0.4 is 10.6 Å². The van der Waals surface area contributed by atoms with Crippen LogP contribution in [0.25, 0.3) is 0 Å². The van der Waals surface area contributed by atoms with Crippen molar-refractivity contribution in [1.82, 2.24) is 15.5 Å². The van der Waals surface area contributed by atoms with Crippen molar-refractivity contribution in [1.29, 1.82) is 0 Å². The van der Waals surface area contributed by atoms with Gasteiger partial charge in [-0.2, -0.15) is 0 Å². The summed E-state index contributed by atoms with van der Waals surface area (Å²) in [6.07, 6.45) is 0.804. The Morgan fingerprint density at radius 2 is 2.11 bits per heavy atom. The number of imide groups is 1. The zero-order chi connectivity index (χ0) is 13.3. The van der Waals surface area contributed by atoms with Crippen LogP contribution in [0.5, 0.6) is 0 Å². The number of likely N-dealkylation sites (N-methyl/N-ethyl adjacent to an activating group) is 1. The van der Waals surface area contributed by atoms with Crippen molar-refractivity contribution in [2.45, 2.75) is 25.3 Å². The molecule has 7 heteroatoms. The summed E-state index contributed by atoms with van der Waals surface area (Å²) < 4.78 is 0. The SMILES string of the molecule is CN1C(=O)CC(NC(=O)C2CCC(=O)NC2)C1=O. The van der Waals surface area contributed by atoms with E-state index in [4.69, 9.17) is 0 Å². The van der Waals surface area contributed by atoms with Crippen LogP contribution in [0.15, 0.2) is 0 Å². The van der Waals surface area contributed by atoms with Crippen LogP contribution in [-0.4, -0.2) is 48.2 Å². The van der Waals surface area contributed by atoms with Crippen molar-refractivity contribution in [3.63, 3.8) is 0 Å². The third-order valence-electron chi connectivity index (χ3n) is 3.33. The highest BCUT2D eigenvalue weighted by Crippen LogP contribution is 2.14. The summed E-state index contributed by atoms with van der Waals surface area (Å²) in [6.45, 7) is 0.287. The molecule has 0 aliphatic carbocycles. The van der Waals surface area contributed by atoms with Gasteiger partial charge in [-0.1, -0.05) is 0 Å². The predicted octanol–water partition coefficient (Wildman–Crippen LogP) is -1.61. The molecule has 7 nitrogen and oxygen atoms in total. The van der Waals surface area contributed by atoms with E-state index >= 15 is 0 Å². The van der Waals surface area contributed by atoms with Gasteiger partial charge in [-0.25, -0.2) is 0 Å². The molecular formula is C11H15N3O4. The van der Waals surface area contributed by atoms with Crippen molar-refractivity contribution in [3.8, 4) is 0 Å². The maximum atomic E-state index is 11.9. The minimum atomic E-state index is -0.757. The smallest absolute Gasteiger partial charge is 0.252 e. The first-order valence-electron chi connectivity index (χ1n) is 5.86. The van der Waals surface area contributed by atoms with Crippen LogP contribution in [0.2, 0.25) is 0 Å². The van der Waals surface area contributed by atoms with Gasteiger partial charge in [-0.05, 0) is 6.42 Å². The van der Waals surface area contributed by atoms with Gasteiger partial charge in [0.1, 0.15) is 6.04 Å². The molecule has 2 saturated heterocycles. The number of likely N-dealkylation sites (tertiary alicyclic amines) is 1. The number of carbonyl (C=O) groups excluding carboxylic acids is 4. The molecule has 98 valence electrons. The monoisotopic (exact) mass is 253 g/mol. The van der Waals surface area contributed by atoms with E-state index < -0.39 is 6.04 Å². The first-order chi connectivity index (χ1) is 8.49. The van der Waals surface area contributed by atoms with E-state index in [0.717, 1.165) is 4.90 Å². The lowest BCUT2D eigenvalue weighted by Crippen LogP contribution is -2.48. The molecule has 18 heavy (non-hydrogen) atoms. The molecule has 2 N–H and O–H groups in total. The lowest BCUT2D eigenvalue weighted by molar-refractivity contribution is -0.139. The van der Waals surface area contributed by atoms with Crippen molar-refractivity contribution >= 4 is 23.6 Å². The molecule has 2 unspecified atom stereocenters. The van der Waals surface area contributed by atoms with Gasteiger partial charge in [0.2, 0.25) is 17.7 Å². The predicted molar refractivity (Wildman–Crippen MR) is 60.1 cm³/mol. The Balaban J connectivity index is 1.90. The first-order valence-corrected chi connectivity index (χ1v) is 5.86. The van der Waals surface area contributed by atoms with Gasteiger partial charge in [0, 0.05) is 20.0 Å². The molecule has 0 spiro atoms. The number of hydrogen-bond donors (Lipinski definition) is 2. The summed E-state index contributed by atoms with van der Waals surface area (Å²) in [5.74, 6) is -1.34. The second-order valence-electron chi connectivity index (χ2n) is 4.60. The van der Waals surface area contributed by atoms with Crippen LogP contribution in [0.1, 0.15) is 19.3 Å². The highest BCUT2D eigenvalue weighted by atomic mass is 16.2. The molecule has 2 rings (SSSR count). The number of nitrogens with one attached hydrogen (secondary N) is 2. The number of hydrogen-bond acceptors (Lipinski definition) is 4. The topological polar surface area (TPSA) is 95.6 Å². The van der Waals surface area contributed by atoms with Gasteiger partial charge in [0.15, 0.2) is 0 Å². The molecule has 2 aliphatic rings. The molecule has 2 atom stereocenters. The number of amides is 4. The Kier molecular flexibility index (Phi) is 3.31. The molecule has 0 aromatic heterocycles. The Hall–Kier alpha value is -1.92. The second-order valence-corrected chi connectivity index (χ2v) is 4.60. The molecule has 0 radical (unpaired) electrons. The van der Waals surface area contributed by atoms with Crippen LogP contribution in [0.4, 0.5) is 0 Å². The summed E-state index contributed by atoms with van der Waals surface area (Å²) in [6, 6.07) is -0.757. The van der Waals surface area contributed by atoms with E-state index in [-0.39, 0.29) is 42.5 Å². The largest absolute Gasteiger partial charge is 0.355 e. The summed E-state index contributed by atoms with van der Waals surface area (Å²) in [5.41, 5.74) is 0. The van der Waals surface area contributed by atoms with Crippen LogP contribution in [0.3, 0.4) is 0 Å². The average molecular weight is 253 g/mol. The highest BCUT2D eigenvalue weighted by Gasteiger charge is 2.38. The van der Waals surface area contributed by atoms with Crippen LogP contribution in [0, 0.1) is 5.92 Å². The van der Waals surface area contributed by atoms with Gasteiger partial charge >= 0.3 is 0 Å². The van der Waals surface area contributed by atoms with Gasteiger partial charge < -0.3 is 10.6 Å². The zero-order valence-corrected chi connectivity index (χ0v) is 10.1. The fraction of sp³-hybridized carbons (Fsp3) is 0.636. The Labute approximate surface area is 104 Å². The lowest BCUT2D eigenvalue weighted by atomic mass is 9.98. The minimum Gasteiger partial charge on any atom is -0.355 e. The molecule has 0 aromatic rings. The summed E-state index contributed by atoms with van der Waals surface area (Å²) >= 11 is 0. The molecule has 2 aliphatic heterocycles. The van der Waals surface area contributed by atoms with Crippen molar-refractivity contribution in [3.05, 3.63) is 0 Å². The fourth-order valence-electron chi connectivity index (χ4n) is 2.11. The fourth-order valence-corrected chi connectivity index (χ4v) is 2.11. The molecule has 0 saturated carbocycles. The zero-order valence-electron chi connectivity index (χ0n) is 10.1. The summed E-state index contributed by atoms with van der Waals surface area (Å²) in [5, 5.41) is 5.18. The number of carbonyl (C=O) groups is 4. The summed E-state index contributed by atoms with van der Waals surface area (Å²) in [7, 11) is 1.40. The molecule has 2 heterocycles. The third kappa shape index (κ3) is 2.34. The van der Waals surface area contributed by atoms with Gasteiger partial charge in [0.25, 0.3) is 5.91 Å². The lowest BCUT2D eigenvalue weighted by Gasteiger charge is -2.22. The maximum absolute atomic E-state index is 11.9. The second kappa shape index (κ2) is 4.75. The van der Waals surface area contributed by atoms with E-state index in [2.05, 4.69) is 10.6 Å². The van der Waals surface area contributed by atoms with E-state index in [0.29, 0.717) is 12.8 Å². The molecule has 2 fully saturated rings. The molecule has 0 bridgehead atoms. The molecular weight excluding hydrogens is 238 g/mol. The maximum Gasteiger partial charge on any atom is 0.252 e. The van der Waals surface area contributed by atoms with E-state index in [1.54, 1.807) is 0 Å². The van der Waals surface area contributed by atoms with Gasteiger partial charge in [0.05, 0.1) is 12.3 Å². The summed E-state index contributed by atoms with van der Waals surface area (Å²) in [4.78, 5) is 46.8. The minimum absolute atomic E-state index is 0.0140. The van der Waals surface area contributed by atoms with E-state index in [1.807, 2.05) is 0 Å².